The summed E-state index contributed by atoms with van der Waals surface area (Å²) in [6.45, 7) is 2.51. The van der Waals surface area contributed by atoms with Crippen LogP contribution in [0.1, 0.15) is 6.92 Å². The van der Waals surface area contributed by atoms with Gasteiger partial charge in [-0.05, 0) is 19.1 Å². The smallest absolute Gasteiger partial charge is 0.307 e. The zero-order valence-electron chi connectivity index (χ0n) is 8.77. The van der Waals surface area contributed by atoms with Gasteiger partial charge < -0.3 is 5.32 Å². The van der Waals surface area contributed by atoms with Crippen molar-refractivity contribution >= 4 is 28.4 Å². The molecule has 2 heterocycles. The Kier molecular flexibility index (Phi) is 1.80. The van der Waals surface area contributed by atoms with E-state index in [4.69, 9.17) is 0 Å². The van der Waals surface area contributed by atoms with Crippen molar-refractivity contribution in [3.8, 4) is 0 Å². The van der Waals surface area contributed by atoms with Crippen molar-refractivity contribution in [2.75, 3.05) is 16.8 Å². The number of nitrogens with one attached hydrogen (secondary N) is 1. The van der Waals surface area contributed by atoms with E-state index in [1.165, 1.54) is 6.33 Å². The molecular formula is C11H10N4O. The van der Waals surface area contributed by atoms with Gasteiger partial charge in [0.25, 0.3) is 0 Å². The molecule has 0 fully saturated rings. The zero-order chi connectivity index (χ0) is 11.1. The number of urea groups is 1. The van der Waals surface area contributed by atoms with Crippen molar-refractivity contribution in [3.63, 3.8) is 0 Å². The molecule has 1 aliphatic heterocycles. The van der Waals surface area contributed by atoms with E-state index in [1.54, 1.807) is 4.90 Å². The van der Waals surface area contributed by atoms with Crippen LogP contribution in [0.25, 0.3) is 10.9 Å². The van der Waals surface area contributed by atoms with Crippen LogP contribution < -0.4 is 10.2 Å². The fraction of sp³-hybridized carbons (Fsp3) is 0.182. The molecular weight excluding hydrogens is 204 g/mol. The second-order valence-electron chi connectivity index (χ2n) is 3.57. The zero-order valence-corrected chi connectivity index (χ0v) is 8.77. The van der Waals surface area contributed by atoms with Crippen LogP contribution in [0.5, 0.6) is 0 Å². The van der Waals surface area contributed by atoms with Gasteiger partial charge in [0.1, 0.15) is 12.1 Å². The molecule has 0 unspecified atom stereocenters. The monoisotopic (exact) mass is 214 g/mol. The molecule has 0 saturated heterocycles. The third-order valence-electron chi connectivity index (χ3n) is 2.70. The molecule has 1 aliphatic rings. The van der Waals surface area contributed by atoms with E-state index in [2.05, 4.69) is 15.3 Å². The Morgan fingerprint density at radius 2 is 2.25 bits per heavy atom. The molecule has 5 nitrogen and oxygen atoms in total. The number of rotatable bonds is 1. The summed E-state index contributed by atoms with van der Waals surface area (Å²) < 4.78 is 0. The quantitative estimate of drug-likeness (QED) is 0.789. The Morgan fingerprint density at radius 3 is 3.06 bits per heavy atom. The summed E-state index contributed by atoms with van der Waals surface area (Å²) in [6.07, 6.45) is 1.49. The SMILES string of the molecule is CCN1C(=O)Nc2cccc3ncnc1c23. The highest BCUT2D eigenvalue weighted by atomic mass is 16.2. The highest BCUT2D eigenvalue weighted by Gasteiger charge is 2.25. The first-order valence-corrected chi connectivity index (χ1v) is 5.13. The highest BCUT2D eigenvalue weighted by Crippen LogP contribution is 2.33. The first kappa shape index (κ1) is 9.08. The van der Waals surface area contributed by atoms with Gasteiger partial charge in [0.05, 0.1) is 16.6 Å². The van der Waals surface area contributed by atoms with E-state index in [9.17, 15) is 4.79 Å². The molecule has 0 saturated carbocycles. The van der Waals surface area contributed by atoms with Crippen molar-refractivity contribution in [2.45, 2.75) is 6.92 Å². The second kappa shape index (κ2) is 3.16. The summed E-state index contributed by atoms with van der Waals surface area (Å²) >= 11 is 0. The molecule has 0 bridgehead atoms. The van der Waals surface area contributed by atoms with Crippen LogP contribution in [0.4, 0.5) is 16.3 Å². The third kappa shape index (κ3) is 1.08. The number of hydrogen-bond donors (Lipinski definition) is 1. The van der Waals surface area contributed by atoms with Crippen molar-refractivity contribution in [2.24, 2.45) is 0 Å². The number of carbonyl (C=O) groups excluding carboxylic acids is 1. The lowest BCUT2D eigenvalue weighted by molar-refractivity contribution is 0.257. The third-order valence-corrected chi connectivity index (χ3v) is 2.70. The van der Waals surface area contributed by atoms with Crippen LogP contribution in [0.3, 0.4) is 0 Å². The van der Waals surface area contributed by atoms with E-state index in [-0.39, 0.29) is 6.03 Å². The summed E-state index contributed by atoms with van der Waals surface area (Å²) in [6, 6.07) is 5.51. The molecule has 0 atom stereocenters. The van der Waals surface area contributed by atoms with Gasteiger partial charge in [0.2, 0.25) is 0 Å². The first-order chi connectivity index (χ1) is 7.81. The minimum absolute atomic E-state index is 0.138. The molecule has 1 N–H and O–H groups in total. The predicted molar refractivity (Wildman–Crippen MR) is 61.6 cm³/mol. The van der Waals surface area contributed by atoms with Gasteiger partial charge in [-0.15, -0.1) is 0 Å². The number of hydrogen-bond acceptors (Lipinski definition) is 3. The fourth-order valence-electron chi connectivity index (χ4n) is 1.97. The van der Waals surface area contributed by atoms with Crippen LogP contribution in [0.2, 0.25) is 0 Å². The summed E-state index contributed by atoms with van der Waals surface area (Å²) in [7, 11) is 0. The summed E-state index contributed by atoms with van der Waals surface area (Å²) in [5.41, 5.74) is 1.63. The maximum atomic E-state index is 11.8. The lowest BCUT2D eigenvalue weighted by Gasteiger charge is -2.27. The van der Waals surface area contributed by atoms with Crippen LogP contribution in [0, 0.1) is 0 Å². The molecule has 80 valence electrons. The van der Waals surface area contributed by atoms with Crippen LogP contribution in [-0.4, -0.2) is 22.5 Å². The molecule has 0 spiro atoms. The lowest BCUT2D eigenvalue weighted by Crippen LogP contribution is -2.38. The number of anilines is 2. The summed E-state index contributed by atoms with van der Waals surface area (Å²) in [5.74, 6) is 0.687. The van der Waals surface area contributed by atoms with E-state index in [0.29, 0.717) is 12.4 Å². The van der Waals surface area contributed by atoms with E-state index < -0.39 is 0 Å². The molecule has 1 aromatic carbocycles. The average Bonchev–Trinajstić information content (AvgIpc) is 2.30. The maximum absolute atomic E-state index is 11.8. The number of amides is 2. The van der Waals surface area contributed by atoms with Crippen molar-refractivity contribution in [1.29, 1.82) is 0 Å². The molecule has 16 heavy (non-hydrogen) atoms. The van der Waals surface area contributed by atoms with Crippen LogP contribution >= 0.6 is 0 Å². The highest BCUT2D eigenvalue weighted by molar-refractivity contribution is 6.16. The molecule has 0 aliphatic carbocycles. The molecule has 3 rings (SSSR count). The second-order valence-corrected chi connectivity index (χ2v) is 3.57. The van der Waals surface area contributed by atoms with E-state index >= 15 is 0 Å². The minimum atomic E-state index is -0.138. The van der Waals surface area contributed by atoms with Gasteiger partial charge in [-0.1, -0.05) is 6.07 Å². The normalized spacial score (nSPS) is 14.1. The molecule has 5 heteroatoms. The molecule has 0 radical (unpaired) electrons. The number of benzene rings is 1. The largest absolute Gasteiger partial charge is 0.327 e. The van der Waals surface area contributed by atoms with Gasteiger partial charge >= 0.3 is 6.03 Å². The Hall–Kier alpha value is -2.17. The fourth-order valence-corrected chi connectivity index (χ4v) is 1.97. The molecule has 2 amide bonds. The summed E-state index contributed by atoms with van der Waals surface area (Å²) in [4.78, 5) is 21.8. The minimum Gasteiger partial charge on any atom is -0.307 e. The topological polar surface area (TPSA) is 58.1 Å². The Balaban J connectivity index is 2.39. The Bertz CT molecular complexity index is 576. The Morgan fingerprint density at radius 1 is 1.38 bits per heavy atom. The van der Waals surface area contributed by atoms with Crippen molar-refractivity contribution in [3.05, 3.63) is 24.5 Å². The Labute approximate surface area is 92.1 Å². The van der Waals surface area contributed by atoms with Gasteiger partial charge in [0, 0.05) is 6.54 Å². The predicted octanol–water partition coefficient (Wildman–Crippen LogP) is 2.00. The number of nitrogens with zero attached hydrogens (tertiary/aromatic N) is 3. The van der Waals surface area contributed by atoms with Crippen LogP contribution in [-0.2, 0) is 0 Å². The first-order valence-electron chi connectivity index (χ1n) is 5.13. The van der Waals surface area contributed by atoms with Gasteiger partial charge in [-0.3, -0.25) is 4.90 Å². The van der Waals surface area contributed by atoms with E-state index in [1.807, 2.05) is 25.1 Å². The van der Waals surface area contributed by atoms with Gasteiger partial charge in [0.15, 0.2) is 0 Å². The van der Waals surface area contributed by atoms with Crippen LogP contribution in [0.15, 0.2) is 24.5 Å². The van der Waals surface area contributed by atoms with Gasteiger partial charge in [-0.25, -0.2) is 14.8 Å². The van der Waals surface area contributed by atoms with Crippen molar-refractivity contribution in [1.82, 2.24) is 9.97 Å². The standard InChI is InChI=1S/C11H10N4O/c1-2-15-10-9-7(12-6-13-10)4-3-5-8(9)14-11(15)16/h3-6H,2H2,1H3,(H,14,16). The average molecular weight is 214 g/mol. The summed E-state index contributed by atoms with van der Waals surface area (Å²) in [5, 5.41) is 3.74. The number of carbonyl (C=O) groups is 1. The maximum Gasteiger partial charge on any atom is 0.327 e. The van der Waals surface area contributed by atoms with E-state index in [0.717, 1.165) is 16.6 Å². The van der Waals surface area contributed by atoms with Gasteiger partial charge in [-0.2, -0.15) is 0 Å². The molecule has 1 aromatic heterocycles. The number of aromatic nitrogens is 2. The van der Waals surface area contributed by atoms with Crippen molar-refractivity contribution < 1.29 is 4.79 Å². The molecule has 2 aromatic rings. The lowest BCUT2D eigenvalue weighted by atomic mass is 10.1.